The van der Waals surface area contributed by atoms with E-state index in [-0.39, 0.29) is 12.0 Å². The molecule has 2 aromatic rings. The van der Waals surface area contributed by atoms with Crippen LogP contribution in [0.3, 0.4) is 0 Å². The van der Waals surface area contributed by atoms with Gasteiger partial charge in [0.05, 0.1) is 6.54 Å². The van der Waals surface area contributed by atoms with Crippen molar-refractivity contribution in [2.45, 2.75) is 32.5 Å². The summed E-state index contributed by atoms with van der Waals surface area (Å²) in [5, 5.41) is 2.90. The van der Waals surface area contributed by atoms with E-state index in [4.69, 9.17) is 14.2 Å². The van der Waals surface area contributed by atoms with E-state index in [0.29, 0.717) is 25.3 Å². The van der Waals surface area contributed by atoms with Gasteiger partial charge in [-0.25, -0.2) is 0 Å². The van der Waals surface area contributed by atoms with Crippen molar-refractivity contribution in [3.8, 4) is 17.2 Å². The van der Waals surface area contributed by atoms with E-state index in [1.165, 1.54) is 0 Å². The molecule has 3 rings (SSSR count). The van der Waals surface area contributed by atoms with Crippen LogP contribution in [0.25, 0.3) is 0 Å². The highest BCUT2D eigenvalue weighted by Crippen LogP contribution is 2.30. The summed E-state index contributed by atoms with van der Waals surface area (Å²) in [5.74, 6) is 2.03. The molecule has 5 heteroatoms. The van der Waals surface area contributed by atoms with Gasteiger partial charge in [-0.3, -0.25) is 4.79 Å². The molecule has 1 heterocycles. The number of rotatable bonds is 6. The first-order valence-electron chi connectivity index (χ1n) is 8.56. The molecule has 0 spiro atoms. The maximum absolute atomic E-state index is 12.4. The van der Waals surface area contributed by atoms with Crippen LogP contribution >= 0.6 is 0 Å². The third kappa shape index (κ3) is 4.24. The van der Waals surface area contributed by atoms with E-state index in [1.807, 2.05) is 62.4 Å². The number of hydrogen-bond acceptors (Lipinski definition) is 4. The summed E-state index contributed by atoms with van der Waals surface area (Å²) < 4.78 is 17.4. The van der Waals surface area contributed by atoms with Crippen LogP contribution in [0, 0.1) is 6.92 Å². The van der Waals surface area contributed by atoms with Crippen LogP contribution in [-0.2, 0) is 4.79 Å². The van der Waals surface area contributed by atoms with Crippen molar-refractivity contribution in [3.63, 3.8) is 0 Å². The van der Waals surface area contributed by atoms with Crippen molar-refractivity contribution in [3.05, 3.63) is 54.1 Å². The summed E-state index contributed by atoms with van der Waals surface area (Å²) >= 11 is 0. The minimum atomic E-state index is -0.530. The molecule has 0 aromatic heterocycles. The van der Waals surface area contributed by atoms with Crippen molar-refractivity contribution in [1.82, 2.24) is 5.32 Å². The Bertz CT molecular complexity index is 731. The first-order valence-corrected chi connectivity index (χ1v) is 8.56. The van der Waals surface area contributed by atoms with Gasteiger partial charge in [0.2, 0.25) is 0 Å². The summed E-state index contributed by atoms with van der Waals surface area (Å²) in [7, 11) is 0. The lowest BCUT2D eigenvalue weighted by Gasteiger charge is -2.27. The number of carbonyl (C=O) groups is 1. The fourth-order valence-corrected chi connectivity index (χ4v) is 2.66. The average Bonchev–Trinajstić information content (AvgIpc) is 2.65. The van der Waals surface area contributed by atoms with Crippen LogP contribution in [0.1, 0.15) is 18.9 Å². The Morgan fingerprint density at radius 2 is 1.92 bits per heavy atom. The number of carbonyl (C=O) groups excluding carboxylic acids is 1. The van der Waals surface area contributed by atoms with Gasteiger partial charge in [-0.2, -0.15) is 0 Å². The van der Waals surface area contributed by atoms with E-state index in [2.05, 4.69) is 5.32 Å². The molecular formula is C20H23NO4. The van der Waals surface area contributed by atoms with Crippen molar-refractivity contribution in [2.24, 2.45) is 0 Å². The number of nitrogens with one attached hydrogen (secondary N) is 1. The van der Waals surface area contributed by atoms with Crippen LogP contribution in [0.15, 0.2) is 48.5 Å². The zero-order valence-corrected chi connectivity index (χ0v) is 14.5. The second-order valence-electron chi connectivity index (χ2n) is 6.02. The van der Waals surface area contributed by atoms with Crippen molar-refractivity contribution < 1.29 is 19.0 Å². The monoisotopic (exact) mass is 341 g/mol. The molecule has 1 N–H and O–H groups in total. The van der Waals surface area contributed by atoms with E-state index in [9.17, 15) is 4.79 Å². The predicted molar refractivity (Wildman–Crippen MR) is 95.2 cm³/mol. The number of para-hydroxylation sites is 3. The molecule has 0 saturated heterocycles. The van der Waals surface area contributed by atoms with Gasteiger partial charge in [-0.1, -0.05) is 37.3 Å². The lowest BCUT2D eigenvalue weighted by atomic mass is 10.2. The largest absolute Gasteiger partial charge is 0.486 e. The highest BCUT2D eigenvalue weighted by atomic mass is 16.6. The summed E-state index contributed by atoms with van der Waals surface area (Å²) in [4.78, 5) is 12.4. The van der Waals surface area contributed by atoms with Crippen LogP contribution in [0.2, 0.25) is 0 Å². The minimum Gasteiger partial charge on any atom is -0.486 e. The SMILES string of the molecule is CC[C@H](Oc1ccccc1C)C(=O)NC[C@H]1COc2ccccc2O1. The zero-order chi connectivity index (χ0) is 17.6. The summed E-state index contributed by atoms with van der Waals surface area (Å²) in [6, 6.07) is 15.2. The molecule has 0 radical (unpaired) electrons. The highest BCUT2D eigenvalue weighted by molar-refractivity contribution is 5.81. The normalized spacial score (nSPS) is 16.8. The molecule has 0 fully saturated rings. The standard InChI is InChI=1S/C20H23NO4/c1-3-16(25-17-9-5-4-8-14(17)2)20(22)21-12-15-13-23-18-10-6-7-11-19(18)24-15/h4-11,15-16H,3,12-13H2,1-2H3,(H,21,22)/t15-,16-/m0/s1. The average molecular weight is 341 g/mol. The molecular weight excluding hydrogens is 318 g/mol. The predicted octanol–water partition coefficient (Wildman–Crippen LogP) is 3.11. The van der Waals surface area contributed by atoms with Gasteiger partial charge in [0.25, 0.3) is 5.91 Å². The molecule has 0 aliphatic carbocycles. The van der Waals surface area contributed by atoms with E-state index < -0.39 is 6.10 Å². The van der Waals surface area contributed by atoms with E-state index >= 15 is 0 Å². The summed E-state index contributed by atoms with van der Waals surface area (Å²) in [6.07, 6.45) is -0.155. The smallest absolute Gasteiger partial charge is 0.261 e. The van der Waals surface area contributed by atoms with Crippen molar-refractivity contribution in [1.29, 1.82) is 0 Å². The van der Waals surface area contributed by atoms with Gasteiger partial charge in [0.15, 0.2) is 17.6 Å². The molecule has 1 aliphatic heterocycles. The Hall–Kier alpha value is -2.69. The molecule has 0 bridgehead atoms. The molecule has 132 valence electrons. The number of ether oxygens (including phenoxy) is 3. The Morgan fingerprint density at radius 1 is 1.20 bits per heavy atom. The first kappa shape index (κ1) is 17.1. The van der Waals surface area contributed by atoms with Gasteiger partial charge in [-0.15, -0.1) is 0 Å². The number of fused-ring (bicyclic) bond motifs is 1. The minimum absolute atomic E-state index is 0.145. The van der Waals surface area contributed by atoms with Crippen molar-refractivity contribution >= 4 is 5.91 Å². The molecule has 0 saturated carbocycles. The quantitative estimate of drug-likeness (QED) is 0.877. The highest BCUT2D eigenvalue weighted by Gasteiger charge is 2.24. The van der Waals surface area contributed by atoms with Gasteiger partial charge >= 0.3 is 0 Å². The number of aryl methyl sites for hydroxylation is 1. The van der Waals surface area contributed by atoms with Crippen molar-refractivity contribution in [2.75, 3.05) is 13.2 Å². The fraction of sp³-hybridized carbons (Fsp3) is 0.350. The summed E-state index contributed by atoms with van der Waals surface area (Å²) in [5.41, 5.74) is 1.01. The number of benzene rings is 2. The summed E-state index contributed by atoms with van der Waals surface area (Å²) in [6.45, 7) is 4.68. The van der Waals surface area contributed by atoms with Gasteiger partial charge in [0, 0.05) is 0 Å². The zero-order valence-electron chi connectivity index (χ0n) is 14.5. The Labute approximate surface area is 147 Å². The Morgan fingerprint density at radius 3 is 2.68 bits per heavy atom. The van der Waals surface area contributed by atoms with Gasteiger partial charge in [0.1, 0.15) is 18.5 Å². The maximum atomic E-state index is 12.4. The number of amides is 1. The molecule has 2 aromatic carbocycles. The van der Waals surface area contributed by atoms with Crippen LogP contribution < -0.4 is 19.5 Å². The van der Waals surface area contributed by atoms with Crippen LogP contribution in [0.4, 0.5) is 0 Å². The number of hydrogen-bond donors (Lipinski definition) is 1. The van der Waals surface area contributed by atoms with Crippen LogP contribution in [0.5, 0.6) is 17.2 Å². The third-order valence-corrected chi connectivity index (χ3v) is 4.10. The lowest BCUT2D eigenvalue weighted by Crippen LogP contribution is -2.45. The molecule has 25 heavy (non-hydrogen) atoms. The van der Waals surface area contributed by atoms with Crippen LogP contribution in [-0.4, -0.2) is 31.3 Å². The topological polar surface area (TPSA) is 56.8 Å². The Balaban J connectivity index is 1.54. The molecule has 2 atom stereocenters. The molecule has 1 aliphatic rings. The first-order chi connectivity index (χ1) is 12.2. The maximum Gasteiger partial charge on any atom is 0.261 e. The molecule has 0 unspecified atom stereocenters. The Kier molecular flexibility index (Phi) is 5.43. The molecule has 1 amide bonds. The van der Waals surface area contributed by atoms with E-state index in [0.717, 1.165) is 17.1 Å². The van der Waals surface area contributed by atoms with Gasteiger partial charge < -0.3 is 19.5 Å². The lowest BCUT2D eigenvalue weighted by molar-refractivity contribution is -0.128. The van der Waals surface area contributed by atoms with E-state index in [1.54, 1.807) is 0 Å². The molecule has 5 nitrogen and oxygen atoms in total. The fourth-order valence-electron chi connectivity index (χ4n) is 2.66. The van der Waals surface area contributed by atoms with Gasteiger partial charge in [-0.05, 0) is 37.1 Å². The second-order valence-corrected chi connectivity index (χ2v) is 6.02. The second kappa shape index (κ2) is 7.92. The third-order valence-electron chi connectivity index (χ3n) is 4.10.